The summed E-state index contributed by atoms with van der Waals surface area (Å²) in [6, 6.07) is 67.1. The lowest BCUT2D eigenvalue weighted by Gasteiger charge is -2.21. The van der Waals surface area contributed by atoms with Crippen LogP contribution in [-0.2, 0) is 5.41 Å². The van der Waals surface area contributed by atoms with Gasteiger partial charge in [-0.2, -0.15) is 0 Å². The van der Waals surface area contributed by atoms with Gasteiger partial charge in [0.05, 0.1) is 0 Å². The van der Waals surface area contributed by atoms with E-state index in [-0.39, 0.29) is 5.41 Å². The molecular weight excluding hydrogens is 677 g/mol. The molecule has 56 heavy (non-hydrogen) atoms. The molecule has 0 unspecified atom stereocenters. The third-order valence-corrected chi connectivity index (χ3v) is 12.6. The maximum atomic E-state index is 7.02. The van der Waals surface area contributed by atoms with Gasteiger partial charge in [-0.1, -0.05) is 153 Å². The van der Waals surface area contributed by atoms with Gasteiger partial charge >= 0.3 is 0 Å². The highest BCUT2D eigenvalue weighted by Crippen LogP contribution is 2.54. The summed E-state index contributed by atoms with van der Waals surface area (Å²) in [7, 11) is 0. The largest absolute Gasteiger partial charge is 0.456 e. The molecule has 1 aromatic heterocycles. The zero-order valence-corrected chi connectivity index (χ0v) is 31.2. The first-order valence-electron chi connectivity index (χ1n) is 19.6. The van der Waals surface area contributed by atoms with E-state index in [4.69, 9.17) is 4.42 Å². The summed E-state index contributed by atoms with van der Waals surface area (Å²) in [4.78, 5) is 0. The van der Waals surface area contributed by atoms with E-state index in [9.17, 15) is 0 Å². The number of hydrogen-bond acceptors (Lipinski definition) is 1. The van der Waals surface area contributed by atoms with Crippen molar-refractivity contribution in [2.75, 3.05) is 0 Å². The van der Waals surface area contributed by atoms with Crippen LogP contribution < -0.4 is 0 Å². The maximum absolute atomic E-state index is 7.02. The van der Waals surface area contributed by atoms with Gasteiger partial charge in [-0.25, -0.2) is 0 Å². The van der Waals surface area contributed by atoms with Crippen molar-refractivity contribution in [1.29, 1.82) is 0 Å². The van der Waals surface area contributed by atoms with Crippen LogP contribution in [0.2, 0.25) is 0 Å². The summed E-state index contributed by atoms with van der Waals surface area (Å²) in [6.07, 6.45) is 0. The summed E-state index contributed by atoms with van der Waals surface area (Å²) in [5.41, 5.74) is 14.3. The average Bonchev–Trinajstić information content (AvgIpc) is 3.72. The van der Waals surface area contributed by atoms with Crippen LogP contribution in [0.5, 0.6) is 0 Å². The lowest BCUT2D eigenvalue weighted by Crippen LogP contribution is -2.15. The molecule has 0 spiro atoms. The van der Waals surface area contributed by atoms with E-state index >= 15 is 0 Å². The molecule has 262 valence electrons. The van der Waals surface area contributed by atoms with Crippen molar-refractivity contribution in [3.63, 3.8) is 0 Å². The van der Waals surface area contributed by atoms with Gasteiger partial charge in [0.15, 0.2) is 0 Å². The van der Waals surface area contributed by atoms with Gasteiger partial charge < -0.3 is 4.42 Å². The summed E-state index contributed by atoms with van der Waals surface area (Å²) in [5, 5.41) is 12.3. The first kappa shape index (κ1) is 31.4. The molecule has 1 aliphatic carbocycles. The van der Waals surface area contributed by atoms with Gasteiger partial charge in [-0.05, 0) is 136 Å². The molecule has 0 amide bonds. The quantitative estimate of drug-likeness (QED) is 0.166. The van der Waals surface area contributed by atoms with Crippen LogP contribution >= 0.6 is 0 Å². The number of rotatable bonds is 3. The Labute approximate surface area is 325 Å². The first-order valence-corrected chi connectivity index (χ1v) is 19.6. The average molecular weight is 713 g/mol. The lowest BCUT2D eigenvalue weighted by atomic mass is 9.81. The molecule has 0 atom stereocenters. The standard InChI is InChI=1S/C55H36O/c1-55(2)49-31-35-15-7-6-14-34(35)30-48(49)46-26-27-47-41-25-24-40(32-50(41)56-54(47)53(46)55)52-44-18-10-8-16-42(44)51(43-17-9-11-19-45(43)52)39-23-22-37-28-36(20-21-38(37)29-39)33-12-4-3-5-13-33/h3-32H,1-2H3. The highest BCUT2D eigenvalue weighted by Gasteiger charge is 2.39. The van der Waals surface area contributed by atoms with E-state index < -0.39 is 0 Å². The van der Waals surface area contributed by atoms with Crippen molar-refractivity contribution in [3.8, 4) is 44.5 Å². The summed E-state index contributed by atoms with van der Waals surface area (Å²) in [6.45, 7) is 4.70. The van der Waals surface area contributed by atoms with Crippen molar-refractivity contribution < 1.29 is 4.42 Å². The van der Waals surface area contributed by atoms with Crippen molar-refractivity contribution >= 4 is 65.0 Å². The topological polar surface area (TPSA) is 13.1 Å². The molecule has 0 bridgehead atoms. The van der Waals surface area contributed by atoms with Gasteiger partial charge in [-0.15, -0.1) is 0 Å². The normalized spacial score (nSPS) is 13.3. The Morgan fingerprint density at radius 1 is 0.357 bits per heavy atom. The summed E-state index contributed by atoms with van der Waals surface area (Å²) in [5.74, 6) is 0. The summed E-state index contributed by atoms with van der Waals surface area (Å²) < 4.78 is 7.02. The zero-order valence-electron chi connectivity index (χ0n) is 31.2. The van der Waals surface area contributed by atoms with E-state index in [0.717, 1.165) is 22.1 Å². The van der Waals surface area contributed by atoms with Crippen LogP contribution in [0.3, 0.4) is 0 Å². The predicted octanol–water partition coefficient (Wildman–Crippen LogP) is 15.5. The predicted molar refractivity (Wildman–Crippen MR) is 238 cm³/mol. The Hall–Kier alpha value is -6.96. The second-order valence-electron chi connectivity index (χ2n) is 16.0. The Balaban J connectivity index is 1.04. The molecular formula is C55H36O. The van der Waals surface area contributed by atoms with Crippen LogP contribution in [0.4, 0.5) is 0 Å². The number of benzene rings is 10. The molecule has 0 aliphatic heterocycles. The van der Waals surface area contributed by atoms with Crippen LogP contribution in [0.15, 0.2) is 186 Å². The molecule has 0 N–H and O–H groups in total. The molecule has 0 saturated carbocycles. The highest BCUT2D eigenvalue weighted by atomic mass is 16.3. The Bertz CT molecular complexity index is 3380. The molecule has 0 fully saturated rings. The number of hydrogen-bond donors (Lipinski definition) is 0. The molecule has 11 aromatic rings. The molecule has 1 aliphatic rings. The van der Waals surface area contributed by atoms with Crippen molar-refractivity contribution in [3.05, 3.63) is 193 Å². The van der Waals surface area contributed by atoms with Crippen molar-refractivity contribution in [2.45, 2.75) is 19.3 Å². The van der Waals surface area contributed by atoms with Crippen molar-refractivity contribution in [1.82, 2.24) is 0 Å². The smallest absolute Gasteiger partial charge is 0.140 e. The third kappa shape index (κ3) is 4.43. The van der Waals surface area contributed by atoms with Crippen LogP contribution in [0, 0.1) is 0 Å². The van der Waals surface area contributed by atoms with Gasteiger partial charge in [0.2, 0.25) is 0 Å². The highest BCUT2D eigenvalue weighted by molar-refractivity contribution is 6.22. The molecule has 12 rings (SSSR count). The van der Waals surface area contributed by atoms with Crippen LogP contribution in [0.1, 0.15) is 25.0 Å². The molecule has 1 nitrogen and oxygen atoms in total. The fourth-order valence-corrected chi connectivity index (χ4v) is 9.92. The minimum Gasteiger partial charge on any atom is -0.456 e. The number of fused-ring (bicyclic) bond motifs is 11. The molecule has 10 aromatic carbocycles. The number of furan rings is 1. The van der Waals surface area contributed by atoms with E-state index in [0.29, 0.717) is 0 Å². The molecule has 1 heteroatoms. The van der Waals surface area contributed by atoms with Crippen LogP contribution in [0.25, 0.3) is 110 Å². The lowest BCUT2D eigenvalue weighted by molar-refractivity contribution is 0.620. The van der Waals surface area contributed by atoms with Gasteiger partial charge in [0.25, 0.3) is 0 Å². The second kappa shape index (κ2) is 11.5. The Morgan fingerprint density at radius 2 is 0.875 bits per heavy atom. The van der Waals surface area contributed by atoms with E-state index in [2.05, 4.69) is 196 Å². The Morgan fingerprint density at radius 3 is 1.55 bits per heavy atom. The first-order chi connectivity index (χ1) is 27.5. The third-order valence-electron chi connectivity index (χ3n) is 12.6. The second-order valence-corrected chi connectivity index (χ2v) is 16.0. The Kier molecular flexibility index (Phi) is 6.46. The van der Waals surface area contributed by atoms with Gasteiger partial charge in [0, 0.05) is 21.8 Å². The van der Waals surface area contributed by atoms with Gasteiger partial charge in [-0.3, -0.25) is 0 Å². The van der Waals surface area contributed by atoms with Gasteiger partial charge in [0.1, 0.15) is 11.2 Å². The van der Waals surface area contributed by atoms with Crippen LogP contribution in [-0.4, -0.2) is 0 Å². The fraction of sp³-hybridized carbons (Fsp3) is 0.0545. The molecule has 1 heterocycles. The monoisotopic (exact) mass is 712 g/mol. The minimum absolute atomic E-state index is 0.194. The zero-order chi connectivity index (χ0) is 37.1. The maximum Gasteiger partial charge on any atom is 0.140 e. The molecule has 0 saturated heterocycles. The minimum atomic E-state index is -0.194. The molecule has 0 radical (unpaired) electrons. The fourth-order valence-electron chi connectivity index (χ4n) is 9.92. The summed E-state index contributed by atoms with van der Waals surface area (Å²) >= 11 is 0. The van der Waals surface area contributed by atoms with E-state index in [1.165, 1.54) is 98.5 Å². The van der Waals surface area contributed by atoms with E-state index in [1.54, 1.807) is 0 Å². The van der Waals surface area contributed by atoms with E-state index in [1.807, 2.05) is 0 Å². The van der Waals surface area contributed by atoms with Crippen molar-refractivity contribution in [2.24, 2.45) is 0 Å². The SMILES string of the molecule is CC1(C)c2cc3ccccc3cc2-c2ccc3c(oc4cc(-c5c6ccccc6c(-c6ccc7cc(-c8ccccc8)ccc7c6)c6ccccc56)ccc43)c21.